The molecule has 0 radical (unpaired) electrons. The number of thiazole rings is 1. The minimum absolute atomic E-state index is 0.128. The largest absolute Gasteiger partial charge is 0.360 e. The van der Waals surface area contributed by atoms with Gasteiger partial charge in [-0.05, 0) is 6.92 Å². The second-order valence-corrected chi connectivity index (χ2v) is 5.71. The first-order chi connectivity index (χ1) is 10.2. The number of hydrogen-bond donors (Lipinski definition) is 1. The molecule has 3 rings (SSSR count). The molecule has 7 nitrogen and oxygen atoms in total. The molecule has 1 fully saturated rings. The Morgan fingerprint density at radius 2 is 2.24 bits per heavy atom. The number of carbonyl (C=O) groups is 1. The van der Waals surface area contributed by atoms with Gasteiger partial charge >= 0.3 is 6.03 Å². The van der Waals surface area contributed by atoms with Crippen molar-refractivity contribution in [3.8, 4) is 0 Å². The average Bonchev–Trinajstić information content (AvgIpc) is 3.12. The summed E-state index contributed by atoms with van der Waals surface area (Å²) in [6.07, 6.45) is 0. The van der Waals surface area contributed by atoms with E-state index in [1.165, 1.54) is 0 Å². The lowest BCUT2D eigenvalue weighted by molar-refractivity contribution is 0.142. The van der Waals surface area contributed by atoms with Crippen LogP contribution in [0.1, 0.15) is 11.5 Å². The molecule has 1 aliphatic heterocycles. The highest BCUT2D eigenvalue weighted by Gasteiger charge is 2.22. The summed E-state index contributed by atoms with van der Waals surface area (Å²) in [6.45, 7) is 5.74. The number of carbonyl (C=O) groups excluding carboxylic acids is 1. The van der Waals surface area contributed by atoms with Crippen LogP contribution in [0.5, 0.6) is 0 Å². The molecule has 0 spiro atoms. The monoisotopic (exact) mass is 307 g/mol. The van der Waals surface area contributed by atoms with Gasteiger partial charge in [-0.2, -0.15) is 0 Å². The van der Waals surface area contributed by atoms with Crippen LogP contribution in [0.3, 0.4) is 0 Å². The van der Waals surface area contributed by atoms with Crippen molar-refractivity contribution < 1.29 is 9.32 Å². The molecule has 1 N–H and O–H groups in total. The number of aromatic nitrogens is 2. The molecule has 0 unspecified atom stereocenters. The van der Waals surface area contributed by atoms with Crippen molar-refractivity contribution in [2.45, 2.75) is 13.5 Å². The number of anilines is 1. The first kappa shape index (κ1) is 14.0. The molecular formula is C13H17N5O2S. The molecule has 3 heterocycles. The van der Waals surface area contributed by atoms with Crippen LogP contribution in [0.25, 0.3) is 0 Å². The average molecular weight is 307 g/mol. The van der Waals surface area contributed by atoms with E-state index in [1.807, 2.05) is 5.51 Å². The van der Waals surface area contributed by atoms with Gasteiger partial charge in [0.2, 0.25) is 0 Å². The first-order valence-corrected chi connectivity index (χ1v) is 7.73. The number of rotatable bonds is 3. The van der Waals surface area contributed by atoms with Crippen molar-refractivity contribution >= 4 is 23.2 Å². The second-order valence-electron chi connectivity index (χ2n) is 5.00. The van der Waals surface area contributed by atoms with Crippen LogP contribution in [0, 0.1) is 6.92 Å². The quantitative estimate of drug-likeness (QED) is 0.935. The number of nitrogens with one attached hydrogen (secondary N) is 1. The zero-order chi connectivity index (χ0) is 14.7. The van der Waals surface area contributed by atoms with Crippen molar-refractivity contribution in [1.29, 1.82) is 0 Å². The molecule has 21 heavy (non-hydrogen) atoms. The van der Waals surface area contributed by atoms with Gasteiger partial charge < -0.3 is 9.42 Å². The zero-order valence-electron chi connectivity index (χ0n) is 11.8. The summed E-state index contributed by atoms with van der Waals surface area (Å²) in [4.78, 5) is 20.5. The Morgan fingerprint density at radius 1 is 1.43 bits per heavy atom. The highest BCUT2D eigenvalue weighted by Crippen LogP contribution is 2.11. The van der Waals surface area contributed by atoms with E-state index in [-0.39, 0.29) is 6.03 Å². The van der Waals surface area contributed by atoms with Crippen LogP contribution in [0.15, 0.2) is 21.5 Å². The molecule has 112 valence electrons. The third-order valence-corrected chi connectivity index (χ3v) is 4.03. The lowest BCUT2D eigenvalue weighted by Gasteiger charge is -2.34. The highest BCUT2D eigenvalue weighted by molar-refractivity contribution is 7.07. The predicted octanol–water partition coefficient (Wildman–Crippen LogP) is 1.79. The third-order valence-electron chi connectivity index (χ3n) is 3.39. The molecular weight excluding hydrogens is 290 g/mol. The van der Waals surface area contributed by atoms with Crippen LogP contribution in [-0.2, 0) is 6.54 Å². The van der Waals surface area contributed by atoms with Gasteiger partial charge in [0.1, 0.15) is 5.76 Å². The Balaban J connectivity index is 1.47. The van der Waals surface area contributed by atoms with Crippen LogP contribution in [0.4, 0.5) is 10.6 Å². The van der Waals surface area contributed by atoms with E-state index < -0.39 is 0 Å². The van der Waals surface area contributed by atoms with Gasteiger partial charge in [-0.25, -0.2) is 9.78 Å². The minimum atomic E-state index is -0.128. The number of piperazine rings is 1. The van der Waals surface area contributed by atoms with Gasteiger partial charge in [0.25, 0.3) is 0 Å². The Kier molecular flexibility index (Phi) is 4.16. The fraction of sp³-hybridized carbons (Fsp3) is 0.462. The molecule has 0 atom stereocenters. The third kappa shape index (κ3) is 3.59. The van der Waals surface area contributed by atoms with Crippen molar-refractivity contribution in [3.05, 3.63) is 28.4 Å². The van der Waals surface area contributed by atoms with Gasteiger partial charge in [0, 0.05) is 44.2 Å². The molecule has 0 aliphatic carbocycles. The lowest BCUT2D eigenvalue weighted by Crippen LogP contribution is -2.49. The molecule has 2 aromatic rings. The van der Waals surface area contributed by atoms with E-state index in [1.54, 1.807) is 29.2 Å². The fourth-order valence-electron chi connectivity index (χ4n) is 2.27. The smallest absolute Gasteiger partial charge is 0.323 e. The van der Waals surface area contributed by atoms with Crippen LogP contribution >= 0.6 is 11.3 Å². The van der Waals surface area contributed by atoms with Gasteiger partial charge in [-0.1, -0.05) is 5.16 Å². The first-order valence-electron chi connectivity index (χ1n) is 6.79. The summed E-state index contributed by atoms with van der Waals surface area (Å²) >= 11 is 1.61. The number of aryl methyl sites for hydroxylation is 1. The second kappa shape index (κ2) is 6.23. The molecule has 1 aliphatic rings. The van der Waals surface area contributed by atoms with Gasteiger partial charge in [-0.3, -0.25) is 10.2 Å². The van der Waals surface area contributed by atoms with E-state index in [4.69, 9.17) is 4.52 Å². The maximum absolute atomic E-state index is 12.1. The molecule has 0 aromatic carbocycles. The SMILES string of the molecule is Cc1cc(NC(=O)N2CCN(Cc3cscn3)CC2)no1. The number of nitrogens with zero attached hydrogens (tertiary/aromatic N) is 4. The molecule has 2 amide bonds. The Bertz CT molecular complexity index is 589. The molecule has 0 saturated carbocycles. The Morgan fingerprint density at radius 3 is 2.86 bits per heavy atom. The molecule has 1 saturated heterocycles. The number of urea groups is 1. The standard InChI is InChI=1S/C13H17N5O2S/c1-10-6-12(16-20-10)15-13(19)18-4-2-17(3-5-18)7-11-8-21-9-14-11/h6,8-9H,2-5,7H2,1H3,(H,15,16,19). The van der Waals surface area contributed by atoms with Crippen molar-refractivity contribution in [1.82, 2.24) is 19.9 Å². The Labute approximate surface area is 126 Å². The van der Waals surface area contributed by atoms with Crippen molar-refractivity contribution in [2.75, 3.05) is 31.5 Å². The van der Waals surface area contributed by atoms with E-state index >= 15 is 0 Å². The van der Waals surface area contributed by atoms with E-state index in [9.17, 15) is 4.79 Å². The van der Waals surface area contributed by atoms with Gasteiger partial charge in [0.05, 0.1) is 11.2 Å². The van der Waals surface area contributed by atoms with E-state index in [0.29, 0.717) is 24.7 Å². The maximum atomic E-state index is 12.1. The number of hydrogen-bond acceptors (Lipinski definition) is 6. The van der Waals surface area contributed by atoms with E-state index in [2.05, 4.69) is 25.7 Å². The fourth-order valence-corrected chi connectivity index (χ4v) is 2.82. The summed E-state index contributed by atoms with van der Waals surface area (Å²) < 4.78 is 4.93. The van der Waals surface area contributed by atoms with E-state index in [0.717, 1.165) is 25.3 Å². The summed E-state index contributed by atoms with van der Waals surface area (Å²) in [7, 11) is 0. The molecule has 8 heteroatoms. The molecule has 0 bridgehead atoms. The topological polar surface area (TPSA) is 74.5 Å². The van der Waals surface area contributed by atoms with Crippen LogP contribution < -0.4 is 5.32 Å². The summed E-state index contributed by atoms with van der Waals surface area (Å²) in [6, 6.07) is 1.58. The van der Waals surface area contributed by atoms with Crippen molar-refractivity contribution in [3.63, 3.8) is 0 Å². The maximum Gasteiger partial charge on any atom is 0.323 e. The summed E-state index contributed by atoms with van der Waals surface area (Å²) in [5.41, 5.74) is 2.94. The summed E-state index contributed by atoms with van der Waals surface area (Å²) in [5.74, 6) is 1.14. The number of amides is 2. The highest BCUT2D eigenvalue weighted by atomic mass is 32.1. The normalized spacial score (nSPS) is 16.1. The zero-order valence-corrected chi connectivity index (χ0v) is 12.6. The van der Waals surface area contributed by atoms with Gasteiger partial charge in [0.15, 0.2) is 5.82 Å². The van der Waals surface area contributed by atoms with Crippen LogP contribution in [0.2, 0.25) is 0 Å². The Hall–Kier alpha value is -1.93. The lowest BCUT2D eigenvalue weighted by atomic mass is 10.3. The van der Waals surface area contributed by atoms with Crippen molar-refractivity contribution in [2.24, 2.45) is 0 Å². The summed E-state index contributed by atoms with van der Waals surface area (Å²) in [5, 5.41) is 8.57. The minimum Gasteiger partial charge on any atom is -0.360 e. The van der Waals surface area contributed by atoms with Gasteiger partial charge in [-0.15, -0.1) is 11.3 Å². The molecule has 2 aromatic heterocycles. The predicted molar refractivity (Wildman–Crippen MR) is 79.2 cm³/mol. The van der Waals surface area contributed by atoms with Crippen LogP contribution in [-0.4, -0.2) is 52.2 Å².